The number of thioether (sulfide) groups is 1. The van der Waals surface area contributed by atoms with Gasteiger partial charge in [0, 0.05) is 10.9 Å². The highest BCUT2D eigenvalue weighted by molar-refractivity contribution is 7.99. The van der Waals surface area contributed by atoms with E-state index in [1.807, 2.05) is 11.4 Å². The van der Waals surface area contributed by atoms with Crippen LogP contribution in [-0.4, -0.2) is 36.9 Å². The van der Waals surface area contributed by atoms with Gasteiger partial charge in [-0.15, -0.1) is 23.0 Å². The van der Waals surface area contributed by atoms with Gasteiger partial charge in [0.15, 0.2) is 5.13 Å². The average Bonchev–Trinajstić information content (AvgIpc) is 3.25. The minimum absolute atomic E-state index is 0.149. The van der Waals surface area contributed by atoms with Crippen LogP contribution in [0.2, 0.25) is 0 Å². The smallest absolute Gasteiger partial charge is 0.236 e. The van der Waals surface area contributed by atoms with Crippen LogP contribution in [0.4, 0.5) is 5.13 Å². The molecule has 134 valence electrons. The van der Waals surface area contributed by atoms with E-state index in [-0.39, 0.29) is 11.7 Å². The van der Waals surface area contributed by atoms with Gasteiger partial charge >= 0.3 is 0 Å². The quantitative estimate of drug-likeness (QED) is 0.495. The predicted molar refractivity (Wildman–Crippen MR) is 104 cm³/mol. The monoisotopic (exact) mass is 386 g/mol. The summed E-state index contributed by atoms with van der Waals surface area (Å²) in [4.78, 5) is 16.7. The van der Waals surface area contributed by atoms with E-state index in [0.29, 0.717) is 16.8 Å². The second-order valence-electron chi connectivity index (χ2n) is 5.61. The second-order valence-corrected chi connectivity index (χ2v) is 7.41. The first-order chi connectivity index (χ1) is 12.6. The van der Waals surface area contributed by atoms with Gasteiger partial charge < -0.3 is 5.32 Å². The van der Waals surface area contributed by atoms with Gasteiger partial charge in [0.2, 0.25) is 11.1 Å². The third kappa shape index (κ3) is 4.36. The van der Waals surface area contributed by atoms with Crippen molar-refractivity contribution in [1.82, 2.24) is 25.2 Å². The molecule has 0 aliphatic carbocycles. The van der Waals surface area contributed by atoms with Gasteiger partial charge in [0.1, 0.15) is 0 Å². The van der Waals surface area contributed by atoms with Crippen LogP contribution in [0.25, 0.3) is 11.3 Å². The topological polar surface area (TPSA) is 85.6 Å². The highest BCUT2D eigenvalue weighted by Gasteiger charge is 2.12. The fourth-order valence-electron chi connectivity index (χ4n) is 2.19. The zero-order valence-corrected chi connectivity index (χ0v) is 16.1. The Labute approximate surface area is 159 Å². The van der Waals surface area contributed by atoms with Crippen LogP contribution < -0.4 is 5.32 Å². The molecule has 0 saturated heterocycles. The second kappa shape index (κ2) is 8.24. The summed E-state index contributed by atoms with van der Waals surface area (Å²) in [6.07, 6.45) is 1.70. The highest BCUT2D eigenvalue weighted by atomic mass is 32.2. The Kier molecular flexibility index (Phi) is 5.79. The number of tetrazole rings is 1. The van der Waals surface area contributed by atoms with Crippen LogP contribution in [-0.2, 0) is 11.3 Å². The molecule has 0 radical (unpaired) electrons. The number of carbonyl (C=O) groups is 1. The molecule has 9 heteroatoms. The van der Waals surface area contributed by atoms with Gasteiger partial charge in [-0.25, -0.2) is 9.67 Å². The molecule has 0 saturated carbocycles. The third-order valence-corrected chi connectivity index (χ3v) is 5.40. The highest BCUT2D eigenvalue weighted by Crippen LogP contribution is 2.26. The molecule has 0 spiro atoms. The molecule has 0 fully saturated rings. The minimum atomic E-state index is -0.149. The first kappa shape index (κ1) is 18.3. The van der Waals surface area contributed by atoms with Crippen LogP contribution in [0.5, 0.6) is 0 Å². The van der Waals surface area contributed by atoms with E-state index in [0.717, 1.165) is 11.3 Å². The van der Waals surface area contributed by atoms with E-state index in [2.05, 4.69) is 58.4 Å². The Morgan fingerprint density at radius 3 is 3.00 bits per heavy atom. The van der Waals surface area contributed by atoms with Crippen LogP contribution >= 0.6 is 23.1 Å². The van der Waals surface area contributed by atoms with Gasteiger partial charge in [0.25, 0.3) is 0 Å². The maximum Gasteiger partial charge on any atom is 0.236 e. The Hall–Kier alpha value is -2.52. The molecule has 1 amide bonds. The van der Waals surface area contributed by atoms with E-state index in [1.165, 1.54) is 34.2 Å². The maximum absolute atomic E-state index is 12.2. The predicted octanol–water partition coefficient (Wildman–Crippen LogP) is 3.33. The van der Waals surface area contributed by atoms with Crippen LogP contribution in [0.3, 0.4) is 0 Å². The first-order valence-electron chi connectivity index (χ1n) is 7.89. The number of aromatic nitrogens is 5. The molecular weight excluding hydrogens is 368 g/mol. The average molecular weight is 387 g/mol. The van der Waals surface area contributed by atoms with Gasteiger partial charge in [-0.05, 0) is 41.5 Å². The number of amides is 1. The number of hydrogen-bond acceptors (Lipinski definition) is 7. The summed E-state index contributed by atoms with van der Waals surface area (Å²) >= 11 is 2.68. The number of benzene rings is 1. The number of allylic oxidation sites excluding steroid dienone is 1. The molecule has 0 aliphatic heterocycles. The molecule has 0 bridgehead atoms. The van der Waals surface area contributed by atoms with Crippen molar-refractivity contribution in [3.05, 3.63) is 47.4 Å². The molecule has 0 unspecified atom stereocenters. The molecule has 3 aromatic rings. The molecule has 26 heavy (non-hydrogen) atoms. The number of hydrogen-bond donors (Lipinski definition) is 1. The minimum Gasteiger partial charge on any atom is -0.301 e. The SMILES string of the molecule is C=CCn1nnnc1SCC(=O)Nc1nc(-c2ccc(C)c(C)c2)cs1. The summed E-state index contributed by atoms with van der Waals surface area (Å²) in [5.41, 5.74) is 4.36. The van der Waals surface area contributed by atoms with Crippen molar-refractivity contribution in [2.45, 2.75) is 25.5 Å². The third-order valence-electron chi connectivity index (χ3n) is 3.69. The normalized spacial score (nSPS) is 10.7. The Morgan fingerprint density at radius 2 is 2.23 bits per heavy atom. The van der Waals surface area contributed by atoms with Crippen LogP contribution in [0.1, 0.15) is 11.1 Å². The van der Waals surface area contributed by atoms with E-state index >= 15 is 0 Å². The van der Waals surface area contributed by atoms with Crippen LogP contribution in [0.15, 0.2) is 41.4 Å². The van der Waals surface area contributed by atoms with E-state index in [9.17, 15) is 4.79 Å². The van der Waals surface area contributed by atoms with E-state index in [4.69, 9.17) is 0 Å². The van der Waals surface area contributed by atoms with Gasteiger partial charge in [-0.2, -0.15) is 0 Å². The number of nitrogens with one attached hydrogen (secondary N) is 1. The van der Waals surface area contributed by atoms with Gasteiger partial charge in [-0.3, -0.25) is 4.79 Å². The summed E-state index contributed by atoms with van der Waals surface area (Å²) in [6.45, 7) is 8.31. The summed E-state index contributed by atoms with van der Waals surface area (Å²) < 4.78 is 1.59. The number of carbonyl (C=O) groups excluding carboxylic acids is 1. The molecule has 1 N–H and O–H groups in total. The van der Waals surface area contributed by atoms with E-state index in [1.54, 1.807) is 10.8 Å². The number of aryl methyl sites for hydroxylation is 2. The fourth-order valence-corrected chi connectivity index (χ4v) is 3.61. The van der Waals surface area contributed by atoms with Crippen molar-refractivity contribution in [3.63, 3.8) is 0 Å². The zero-order chi connectivity index (χ0) is 18.5. The molecule has 0 atom stereocenters. The van der Waals surface area contributed by atoms with Crippen molar-refractivity contribution in [1.29, 1.82) is 0 Å². The lowest BCUT2D eigenvalue weighted by atomic mass is 10.1. The van der Waals surface area contributed by atoms with Crippen LogP contribution in [0, 0.1) is 13.8 Å². The summed E-state index contributed by atoms with van der Waals surface area (Å²) in [7, 11) is 0. The summed E-state index contributed by atoms with van der Waals surface area (Å²) in [5, 5.41) is 17.3. The molecular formula is C17H18N6OS2. The lowest BCUT2D eigenvalue weighted by Gasteiger charge is -2.03. The van der Waals surface area contributed by atoms with E-state index < -0.39 is 0 Å². The summed E-state index contributed by atoms with van der Waals surface area (Å²) in [5.74, 6) is 0.0555. The Balaban J connectivity index is 1.60. The molecule has 0 aliphatic rings. The van der Waals surface area contributed by atoms with Crippen molar-refractivity contribution >= 4 is 34.1 Å². The molecule has 3 rings (SSSR count). The van der Waals surface area contributed by atoms with Gasteiger partial charge in [-0.1, -0.05) is 30.0 Å². The largest absolute Gasteiger partial charge is 0.301 e. The van der Waals surface area contributed by atoms with Crippen molar-refractivity contribution in [2.75, 3.05) is 11.1 Å². The molecule has 1 aromatic carbocycles. The Bertz CT molecular complexity index is 933. The van der Waals surface area contributed by atoms with Crippen molar-refractivity contribution < 1.29 is 4.79 Å². The lowest BCUT2D eigenvalue weighted by molar-refractivity contribution is -0.113. The maximum atomic E-state index is 12.2. The number of rotatable bonds is 7. The Morgan fingerprint density at radius 1 is 1.38 bits per heavy atom. The molecule has 2 heterocycles. The number of nitrogens with zero attached hydrogens (tertiary/aromatic N) is 5. The first-order valence-corrected chi connectivity index (χ1v) is 9.76. The number of thiazole rings is 1. The van der Waals surface area contributed by atoms with Crippen molar-refractivity contribution in [2.24, 2.45) is 0 Å². The number of anilines is 1. The fraction of sp³-hybridized carbons (Fsp3) is 0.235. The zero-order valence-electron chi connectivity index (χ0n) is 14.5. The molecule has 7 nitrogen and oxygen atoms in total. The standard InChI is InChI=1S/C17H18N6OS2/c1-4-7-23-17(20-21-22-23)26-10-15(24)19-16-18-14(9-25-16)13-6-5-11(2)12(3)8-13/h4-6,8-9H,1,7,10H2,2-3H3,(H,18,19,24). The van der Waals surface area contributed by atoms with Crippen molar-refractivity contribution in [3.8, 4) is 11.3 Å². The van der Waals surface area contributed by atoms with Gasteiger partial charge in [0.05, 0.1) is 18.0 Å². The summed E-state index contributed by atoms with van der Waals surface area (Å²) in [6, 6.07) is 6.22. The lowest BCUT2D eigenvalue weighted by Crippen LogP contribution is -2.14. The molecule has 2 aromatic heterocycles.